The van der Waals surface area contributed by atoms with Gasteiger partial charge in [-0.05, 0) is 32.8 Å². The molecule has 0 fully saturated rings. The highest BCUT2D eigenvalue weighted by Crippen LogP contribution is 2.29. The molecule has 0 aliphatic heterocycles. The number of hydrogen-bond donors (Lipinski definition) is 2. The summed E-state index contributed by atoms with van der Waals surface area (Å²) >= 11 is 3.03. The first-order chi connectivity index (χ1) is 10.9. The summed E-state index contributed by atoms with van der Waals surface area (Å²) in [6.07, 6.45) is 2.06. The van der Waals surface area contributed by atoms with Gasteiger partial charge in [-0.2, -0.15) is 0 Å². The molecule has 2 rings (SSSR count). The van der Waals surface area contributed by atoms with Crippen LogP contribution in [0.25, 0.3) is 10.2 Å². The minimum atomic E-state index is -0.0910. The molecule has 7 heteroatoms. The predicted molar refractivity (Wildman–Crippen MR) is 98.5 cm³/mol. The van der Waals surface area contributed by atoms with Crippen LogP contribution in [0.15, 0.2) is 4.79 Å². The van der Waals surface area contributed by atoms with Crippen molar-refractivity contribution in [2.45, 2.75) is 45.8 Å². The molecule has 5 nitrogen and oxygen atoms in total. The van der Waals surface area contributed by atoms with Crippen molar-refractivity contribution in [3.8, 4) is 0 Å². The Morgan fingerprint density at radius 2 is 2.17 bits per heavy atom. The number of rotatable bonds is 7. The molecular weight excluding hydrogens is 330 g/mol. The largest absolute Gasteiger partial charge is 0.355 e. The number of nitrogens with one attached hydrogen (secondary N) is 2. The van der Waals surface area contributed by atoms with Crippen LogP contribution in [0.2, 0.25) is 0 Å². The first kappa shape index (κ1) is 18.0. The van der Waals surface area contributed by atoms with E-state index in [9.17, 15) is 9.59 Å². The molecule has 1 amide bonds. The van der Waals surface area contributed by atoms with Gasteiger partial charge in [-0.25, -0.2) is 4.98 Å². The van der Waals surface area contributed by atoms with Crippen molar-refractivity contribution in [2.75, 3.05) is 12.3 Å². The van der Waals surface area contributed by atoms with Gasteiger partial charge >= 0.3 is 0 Å². The van der Waals surface area contributed by atoms with Gasteiger partial charge < -0.3 is 10.3 Å². The quantitative estimate of drug-likeness (QED) is 0.749. The fourth-order valence-electron chi connectivity index (χ4n) is 2.20. The van der Waals surface area contributed by atoms with E-state index < -0.39 is 0 Å². The Hall–Kier alpha value is -1.34. The molecule has 0 spiro atoms. The van der Waals surface area contributed by atoms with Crippen LogP contribution in [0.5, 0.6) is 0 Å². The highest BCUT2D eigenvalue weighted by atomic mass is 32.2. The van der Waals surface area contributed by atoms with Gasteiger partial charge in [-0.3, -0.25) is 9.59 Å². The maximum Gasteiger partial charge on any atom is 0.259 e. The molecule has 0 aromatic carbocycles. The number of carbonyl (C=O) groups excluding carboxylic acids is 1. The first-order valence-electron chi connectivity index (χ1n) is 7.82. The van der Waals surface area contributed by atoms with Crippen molar-refractivity contribution in [3.63, 3.8) is 0 Å². The van der Waals surface area contributed by atoms with E-state index in [4.69, 9.17) is 0 Å². The summed E-state index contributed by atoms with van der Waals surface area (Å²) in [6.45, 7) is 8.72. The Morgan fingerprint density at radius 1 is 1.43 bits per heavy atom. The zero-order chi connectivity index (χ0) is 17.0. The predicted octanol–water partition coefficient (Wildman–Crippen LogP) is 3.31. The van der Waals surface area contributed by atoms with E-state index in [1.165, 1.54) is 11.8 Å². The number of unbranched alkanes of at least 4 members (excludes halogenated alkanes) is 1. The summed E-state index contributed by atoms with van der Waals surface area (Å²) in [7, 11) is 0. The van der Waals surface area contributed by atoms with Gasteiger partial charge in [0, 0.05) is 11.4 Å². The second-order valence-electron chi connectivity index (χ2n) is 5.57. The van der Waals surface area contributed by atoms with E-state index in [0.29, 0.717) is 17.0 Å². The summed E-state index contributed by atoms with van der Waals surface area (Å²) in [4.78, 5) is 33.4. The number of aryl methyl sites for hydroxylation is 2. The van der Waals surface area contributed by atoms with Crippen LogP contribution in [-0.2, 0) is 4.79 Å². The maximum absolute atomic E-state index is 12.3. The van der Waals surface area contributed by atoms with E-state index in [2.05, 4.69) is 22.2 Å². The molecule has 126 valence electrons. The minimum absolute atomic E-state index is 0.0292. The molecule has 23 heavy (non-hydrogen) atoms. The first-order valence-corrected chi connectivity index (χ1v) is 9.68. The van der Waals surface area contributed by atoms with Gasteiger partial charge in [0.05, 0.1) is 16.4 Å². The van der Waals surface area contributed by atoms with Gasteiger partial charge in [0.25, 0.3) is 5.56 Å². The van der Waals surface area contributed by atoms with E-state index in [0.717, 1.165) is 34.7 Å². The average molecular weight is 354 g/mol. The second-order valence-corrected chi connectivity index (χ2v) is 8.10. The topological polar surface area (TPSA) is 74.8 Å². The molecular formula is C16H23N3O2S2. The standard InChI is InChI=1S/C16H23N3O2S2/c1-5-6-7-17-12(20)8-22-11(4)14-18-15(21)13-9(2)10(3)23-16(13)19-14/h11H,5-8H2,1-4H3,(H,17,20)(H,18,19,21)/t11-/m0/s1. The third-order valence-corrected chi connectivity index (χ3v) is 6.01. The van der Waals surface area contributed by atoms with Crippen molar-refractivity contribution in [1.29, 1.82) is 0 Å². The van der Waals surface area contributed by atoms with Gasteiger partial charge in [0.1, 0.15) is 10.7 Å². The normalized spacial score (nSPS) is 12.5. The third-order valence-electron chi connectivity index (χ3n) is 3.76. The van der Waals surface area contributed by atoms with Crippen LogP contribution in [-0.4, -0.2) is 28.2 Å². The Kier molecular flexibility index (Phi) is 6.24. The van der Waals surface area contributed by atoms with Crippen molar-refractivity contribution >= 4 is 39.2 Å². The number of amides is 1. The monoisotopic (exact) mass is 353 g/mol. The van der Waals surface area contributed by atoms with Gasteiger partial charge in [-0.15, -0.1) is 23.1 Å². The van der Waals surface area contributed by atoms with E-state index >= 15 is 0 Å². The zero-order valence-electron chi connectivity index (χ0n) is 14.0. The average Bonchev–Trinajstić information content (AvgIpc) is 2.80. The third kappa shape index (κ3) is 4.35. The van der Waals surface area contributed by atoms with Gasteiger partial charge in [0.2, 0.25) is 5.91 Å². The van der Waals surface area contributed by atoms with Crippen molar-refractivity contribution < 1.29 is 4.79 Å². The minimum Gasteiger partial charge on any atom is -0.355 e. The number of aromatic nitrogens is 2. The van der Waals surface area contributed by atoms with Crippen LogP contribution in [0, 0.1) is 13.8 Å². The summed E-state index contributed by atoms with van der Waals surface area (Å²) in [5.41, 5.74) is 0.910. The lowest BCUT2D eigenvalue weighted by atomic mass is 10.2. The number of nitrogens with zero attached hydrogens (tertiary/aromatic N) is 1. The molecule has 2 heterocycles. The number of thioether (sulfide) groups is 1. The lowest BCUT2D eigenvalue weighted by molar-refractivity contribution is -0.118. The molecule has 2 N–H and O–H groups in total. The summed E-state index contributed by atoms with van der Waals surface area (Å²) in [6, 6.07) is 0. The number of thiophene rings is 1. The second kappa shape index (κ2) is 7.97. The van der Waals surface area contributed by atoms with E-state index in [1.807, 2.05) is 20.8 Å². The Morgan fingerprint density at radius 3 is 2.87 bits per heavy atom. The van der Waals surface area contributed by atoms with Crippen molar-refractivity contribution in [2.24, 2.45) is 0 Å². The number of fused-ring (bicyclic) bond motifs is 1. The summed E-state index contributed by atoms with van der Waals surface area (Å²) < 4.78 is 0. The Balaban J connectivity index is 2.05. The summed E-state index contributed by atoms with van der Waals surface area (Å²) in [5.74, 6) is 1.03. The lowest BCUT2D eigenvalue weighted by Crippen LogP contribution is -2.26. The molecule has 0 aliphatic carbocycles. The molecule has 0 unspecified atom stereocenters. The highest BCUT2D eigenvalue weighted by Gasteiger charge is 2.16. The van der Waals surface area contributed by atoms with Crippen LogP contribution in [0.4, 0.5) is 0 Å². The number of carbonyl (C=O) groups is 1. The molecule has 1 atom stereocenters. The highest BCUT2D eigenvalue weighted by molar-refractivity contribution is 8.00. The van der Waals surface area contributed by atoms with Crippen molar-refractivity contribution in [3.05, 3.63) is 26.6 Å². The molecule has 0 radical (unpaired) electrons. The fourth-order valence-corrected chi connectivity index (χ4v) is 4.01. The fraction of sp³-hybridized carbons (Fsp3) is 0.562. The smallest absolute Gasteiger partial charge is 0.259 e. The number of H-pyrrole nitrogens is 1. The number of aromatic amines is 1. The van der Waals surface area contributed by atoms with Crippen LogP contribution in [0.1, 0.15) is 48.2 Å². The molecule has 0 aliphatic rings. The van der Waals surface area contributed by atoms with Crippen molar-refractivity contribution in [1.82, 2.24) is 15.3 Å². The van der Waals surface area contributed by atoms with Crippen LogP contribution in [0.3, 0.4) is 0 Å². The zero-order valence-corrected chi connectivity index (χ0v) is 15.6. The Labute approximate surface area is 144 Å². The molecule has 0 saturated carbocycles. The van der Waals surface area contributed by atoms with Crippen LogP contribution < -0.4 is 10.9 Å². The Bertz CT molecular complexity index is 752. The van der Waals surface area contributed by atoms with E-state index in [-0.39, 0.29) is 16.7 Å². The van der Waals surface area contributed by atoms with Crippen LogP contribution >= 0.6 is 23.1 Å². The van der Waals surface area contributed by atoms with E-state index in [1.54, 1.807) is 11.3 Å². The summed E-state index contributed by atoms with van der Waals surface area (Å²) in [5, 5.41) is 3.54. The molecule has 0 saturated heterocycles. The van der Waals surface area contributed by atoms with Gasteiger partial charge in [0.15, 0.2) is 0 Å². The maximum atomic E-state index is 12.3. The molecule has 2 aromatic heterocycles. The lowest BCUT2D eigenvalue weighted by Gasteiger charge is -2.10. The molecule has 2 aromatic rings. The van der Waals surface area contributed by atoms with Gasteiger partial charge in [-0.1, -0.05) is 13.3 Å². The number of hydrogen-bond acceptors (Lipinski definition) is 5. The SMILES string of the molecule is CCCCNC(=O)CS[C@@H](C)c1nc2sc(C)c(C)c2c(=O)[nH]1. The molecule has 0 bridgehead atoms.